The van der Waals surface area contributed by atoms with Gasteiger partial charge in [0.25, 0.3) is 10.2 Å². The summed E-state index contributed by atoms with van der Waals surface area (Å²) in [4.78, 5) is 11.1. The highest BCUT2D eigenvalue weighted by molar-refractivity contribution is 8.00. The summed E-state index contributed by atoms with van der Waals surface area (Å²) in [5, 5.41) is 9.42. The van der Waals surface area contributed by atoms with Crippen molar-refractivity contribution in [3.8, 4) is 0 Å². The van der Waals surface area contributed by atoms with Gasteiger partial charge in [-0.05, 0) is 19.3 Å². The summed E-state index contributed by atoms with van der Waals surface area (Å²) in [6.45, 7) is 3.68. The van der Waals surface area contributed by atoms with Gasteiger partial charge in [0.1, 0.15) is 0 Å². The molecule has 0 bridgehead atoms. The maximum absolute atomic E-state index is 12.6. The van der Waals surface area contributed by atoms with Crippen LogP contribution in [0.1, 0.15) is 26.2 Å². The van der Waals surface area contributed by atoms with Crippen molar-refractivity contribution in [3.63, 3.8) is 0 Å². The van der Waals surface area contributed by atoms with Crippen molar-refractivity contribution < 1.29 is 18.3 Å². The predicted molar refractivity (Wildman–Crippen MR) is 79.0 cm³/mol. The summed E-state index contributed by atoms with van der Waals surface area (Å²) >= 11 is 1.82. The Morgan fingerprint density at radius 2 is 2.00 bits per heavy atom. The number of nitrogens with zero attached hydrogens (tertiary/aromatic N) is 2. The van der Waals surface area contributed by atoms with Crippen LogP contribution in [0.25, 0.3) is 0 Å². The molecule has 1 N–H and O–H groups in total. The van der Waals surface area contributed by atoms with Crippen LogP contribution in [0.5, 0.6) is 0 Å². The molecule has 2 saturated heterocycles. The quantitative estimate of drug-likeness (QED) is 0.830. The molecule has 8 heteroatoms. The Labute approximate surface area is 124 Å². The fourth-order valence-corrected chi connectivity index (χ4v) is 5.80. The molecule has 2 fully saturated rings. The van der Waals surface area contributed by atoms with E-state index in [1.807, 2.05) is 11.8 Å². The number of aliphatic carboxylic acids is 1. The van der Waals surface area contributed by atoms with E-state index in [0.717, 1.165) is 12.2 Å². The van der Waals surface area contributed by atoms with E-state index < -0.39 is 22.1 Å². The molecule has 0 spiro atoms. The van der Waals surface area contributed by atoms with Crippen molar-refractivity contribution in [1.82, 2.24) is 8.61 Å². The Morgan fingerprint density at radius 3 is 2.65 bits per heavy atom. The summed E-state index contributed by atoms with van der Waals surface area (Å²) in [6.07, 6.45) is 2.14. The molecule has 20 heavy (non-hydrogen) atoms. The predicted octanol–water partition coefficient (Wildman–Crippen LogP) is 0.855. The van der Waals surface area contributed by atoms with E-state index in [2.05, 4.69) is 6.92 Å². The van der Waals surface area contributed by atoms with Crippen molar-refractivity contribution in [1.29, 1.82) is 0 Å². The molecule has 0 aromatic heterocycles. The van der Waals surface area contributed by atoms with Crippen LogP contribution in [0.3, 0.4) is 0 Å². The molecule has 0 radical (unpaired) electrons. The van der Waals surface area contributed by atoms with Gasteiger partial charge in [-0.2, -0.15) is 28.8 Å². The zero-order valence-corrected chi connectivity index (χ0v) is 13.3. The number of carboxylic acid groups (broad SMARTS) is 1. The topological polar surface area (TPSA) is 77.9 Å². The molecule has 0 aliphatic carbocycles. The lowest BCUT2D eigenvalue weighted by atomic mass is 10.0. The fraction of sp³-hybridized carbons (Fsp3) is 0.917. The van der Waals surface area contributed by atoms with Gasteiger partial charge >= 0.3 is 5.97 Å². The normalized spacial score (nSPS) is 30.2. The molecule has 0 saturated carbocycles. The van der Waals surface area contributed by atoms with Crippen LogP contribution in [0, 0.1) is 5.92 Å². The SMILES string of the molecule is CCC1CN(S(=O)(=O)N2CCCC(C(=O)O)C2)CCS1. The Bertz CT molecular complexity index is 454. The lowest BCUT2D eigenvalue weighted by Gasteiger charge is -2.37. The monoisotopic (exact) mass is 322 g/mol. The lowest BCUT2D eigenvalue weighted by Crippen LogP contribution is -2.52. The summed E-state index contributed by atoms with van der Waals surface area (Å²) < 4.78 is 28.1. The number of thioether (sulfide) groups is 1. The van der Waals surface area contributed by atoms with E-state index in [-0.39, 0.29) is 6.54 Å². The summed E-state index contributed by atoms with van der Waals surface area (Å²) in [5.74, 6) is -0.654. The van der Waals surface area contributed by atoms with Crippen LogP contribution < -0.4 is 0 Å². The van der Waals surface area contributed by atoms with Gasteiger partial charge in [0, 0.05) is 37.2 Å². The van der Waals surface area contributed by atoms with Crippen molar-refractivity contribution >= 4 is 27.9 Å². The van der Waals surface area contributed by atoms with Crippen molar-refractivity contribution in [3.05, 3.63) is 0 Å². The van der Waals surface area contributed by atoms with Crippen LogP contribution >= 0.6 is 11.8 Å². The van der Waals surface area contributed by atoms with E-state index in [4.69, 9.17) is 5.11 Å². The number of hydrogen-bond donors (Lipinski definition) is 1. The maximum Gasteiger partial charge on any atom is 0.307 e. The van der Waals surface area contributed by atoms with Gasteiger partial charge in [-0.3, -0.25) is 4.79 Å². The van der Waals surface area contributed by atoms with Crippen LogP contribution in [-0.4, -0.2) is 65.3 Å². The number of carboxylic acids is 1. The average Bonchev–Trinajstić information content (AvgIpc) is 2.47. The van der Waals surface area contributed by atoms with Crippen molar-refractivity contribution in [2.45, 2.75) is 31.4 Å². The average molecular weight is 322 g/mol. The molecule has 2 atom stereocenters. The van der Waals surface area contributed by atoms with E-state index in [1.54, 1.807) is 0 Å². The molecule has 116 valence electrons. The molecule has 2 aliphatic heterocycles. The van der Waals surface area contributed by atoms with Crippen molar-refractivity contribution in [2.75, 3.05) is 31.9 Å². The van der Waals surface area contributed by atoms with Crippen LogP contribution in [0.15, 0.2) is 0 Å². The Hall–Kier alpha value is -0.310. The van der Waals surface area contributed by atoms with Gasteiger partial charge in [0.2, 0.25) is 0 Å². The van der Waals surface area contributed by atoms with Gasteiger partial charge in [-0.25, -0.2) is 0 Å². The smallest absolute Gasteiger partial charge is 0.307 e. The van der Waals surface area contributed by atoms with Crippen LogP contribution in [-0.2, 0) is 15.0 Å². The minimum absolute atomic E-state index is 0.109. The third kappa shape index (κ3) is 3.47. The van der Waals surface area contributed by atoms with Gasteiger partial charge in [0.15, 0.2) is 0 Å². The van der Waals surface area contributed by atoms with Gasteiger partial charge in [-0.15, -0.1) is 0 Å². The minimum Gasteiger partial charge on any atom is -0.481 e. The molecule has 0 aromatic rings. The summed E-state index contributed by atoms with van der Waals surface area (Å²) in [7, 11) is -3.50. The number of hydrogen-bond acceptors (Lipinski definition) is 4. The zero-order valence-electron chi connectivity index (χ0n) is 11.7. The summed E-state index contributed by atoms with van der Waals surface area (Å²) in [5.41, 5.74) is 0. The molecule has 2 aliphatic rings. The Balaban J connectivity index is 2.07. The maximum atomic E-state index is 12.6. The van der Waals surface area contributed by atoms with E-state index >= 15 is 0 Å². The Morgan fingerprint density at radius 1 is 1.30 bits per heavy atom. The van der Waals surface area contributed by atoms with Gasteiger partial charge in [-0.1, -0.05) is 6.92 Å². The molecular weight excluding hydrogens is 300 g/mol. The molecule has 6 nitrogen and oxygen atoms in total. The number of rotatable bonds is 4. The standard InChI is InChI=1S/C12H22N2O4S2/c1-2-11-9-14(6-7-19-11)20(17,18)13-5-3-4-10(8-13)12(15)16/h10-11H,2-9H2,1H3,(H,15,16). The van der Waals surface area contributed by atoms with Crippen molar-refractivity contribution in [2.24, 2.45) is 5.92 Å². The second-order valence-corrected chi connectivity index (χ2v) is 8.64. The highest BCUT2D eigenvalue weighted by Crippen LogP contribution is 2.27. The highest BCUT2D eigenvalue weighted by Gasteiger charge is 2.37. The number of piperidine rings is 1. The zero-order chi connectivity index (χ0) is 14.8. The fourth-order valence-electron chi connectivity index (χ4n) is 2.67. The molecule has 0 amide bonds. The van der Waals surface area contributed by atoms with Crippen LogP contribution in [0.2, 0.25) is 0 Å². The molecular formula is C12H22N2O4S2. The first-order valence-corrected chi connectivity index (χ1v) is 9.49. The second kappa shape index (κ2) is 6.64. The van der Waals surface area contributed by atoms with E-state index in [0.29, 0.717) is 37.7 Å². The van der Waals surface area contributed by atoms with Crippen LogP contribution in [0.4, 0.5) is 0 Å². The van der Waals surface area contributed by atoms with E-state index in [9.17, 15) is 13.2 Å². The molecule has 2 unspecified atom stereocenters. The minimum atomic E-state index is -3.50. The molecule has 2 rings (SSSR count). The first kappa shape index (κ1) is 16.1. The van der Waals surface area contributed by atoms with E-state index in [1.165, 1.54) is 8.61 Å². The first-order valence-electron chi connectivity index (χ1n) is 7.04. The highest BCUT2D eigenvalue weighted by atomic mass is 32.2. The molecule has 2 heterocycles. The first-order chi connectivity index (χ1) is 9.45. The third-order valence-electron chi connectivity index (χ3n) is 3.94. The largest absolute Gasteiger partial charge is 0.481 e. The third-order valence-corrected chi connectivity index (χ3v) is 7.28. The lowest BCUT2D eigenvalue weighted by molar-refractivity contribution is -0.142. The molecule has 0 aromatic carbocycles. The summed E-state index contributed by atoms with van der Waals surface area (Å²) in [6, 6.07) is 0. The number of carbonyl (C=O) groups is 1. The van der Waals surface area contributed by atoms with Gasteiger partial charge in [0.05, 0.1) is 5.92 Å². The van der Waals surface area contributed by atoms with Gasteiger partial charge < -0.3 is 5.11 Å². The second-order valence-electron chi connectivity index (χ2n) is 5.30. The Kier molecular flexibility index (Phi) is 5.33.